The lowest BCUT2D eigenvalue weighted by molar-refractivity contribution is 0.312. The van der Waals surface area contributed by atoms with E-state index in [4.69, 9.17) is 4.98 Å². The van der Waals surface area contributed by atoms with Gasteiger partial charge in [0.1, 0.15) is 11.7 Å². The molecular weight excluding hydrogens is 350 g/mol. The average molecular weight is 375 g/mol. The summed E-state index contributed by atoms with van der Waals surface area (Å²) in [5, 5.41) is 4.20. The number of nitrogens with zero attached hydrogens (tertiary/aromatic N) is 6. The van der Waals surface area contributed by atoms with Gasteiger partial charge in [0, 0.05) is 44.4 Å². The lowest BCUT2D eigenvalue weighted by Crippen LogP contribution is -2.44. The number of hydrazone groups is 1. The molecule has 144 valence electrons. The molecule has 1 N–H and O–H groups in total. The van der Waals surface area contributed by atoms with Crippen LogP contribution in [0, 0.1) is 0 Å². The van der Waals surface area contributed by atoms with E-state index in [0.29, 0.717) is 11.6 Å². The van der Waals surface area contributed by atoms with Crippen molar-refractivity contribution in [3.8, 4) is 0 Å². The number of likely N-dealkylation sites (N-methyl/N-ethyl adjacent to an activating group) is 1. The minimum absolute atomic E-state index is 0.657. The molecule has 4 rings (SSSR count). The number of amidine groups is 1. The zero-order chi connectivity index (χ0) is 19.3. The first kappa shape index (κ1) is 18.3. The molecule has 7 heteroatoms. The van der Waals surface area contributed by atoms with Crippen LogP contribution in [-0.2, 0) is 0 Å². The maximum Gasteiger partial charge on any atom is 0.160 e. The maximum atomic E-state index is 4.78. The minimum Gasteiger partial charge on any atom is -0.354 e. The number of anilines is 1. The van der Waals surface area contributed by atoms with Crippen molar-refractivity contribution in [2.45, 2.75) is 13.3 Å². The normalized spacial score (nSPS) is 19.3. The van der Waals surface area contributed by atoms with Crippen molar-refractivity contribution < 1.29 is 0 Å². The fraction of sp³-hybridized carbons (Fsp3) is 0.333. The number of aliphatic imine (C=N–C) groups is 1. The van der Waals surface area contributed by atoms with Gasteiger partial charge in [-0.05, 0) is 25.6 Å². The lowest BCUT2D eigenvalue weighted by Gasteiger charge is -2.33. The Kier molecular flexibility index (Phi) is 5.43. The van der Waals surface area contributed by atoms with E-state index in [1.54, 1.807) is 0 Å². The quantitative estimate of drug-likeness (QED) is 0.890. The maximum absolute atomic E-state index is 4.78. The van der Waals surface area contributed by atoms with Gasteiger partial charge < -0.3 is 9.80 Å². The predicted molar refractivity (Wildman–Crippen MR) is 115 cm³/mol. The molecule has 0 unspecified atom stereocenters. The fourth-order valence-corrected chi connectivity index (χ4v) is 3.19. The van der Waals surface area contributed by atoms with Crippen LogP contribution in [0.2, 0.25) is 0 Å². The van der Waals surface area contributed by atoms with E-state index >= 15 is 0 Å². The number of aromatic nitrogens is 2. The summed E-state index contributed by atoms with van der Waals surface area (Å²) in [6, 6.07) is 12.1. The van der Waals surface area contributed by atoms with Crippen LogP contribution in [0.25, 0.3) is 12.2 Å². The number of rotatable bonds is 4. The first-order valence-electron chi connectivity index (χ1n) is 9.58. The molecule has 0 spiro atoms. The minimum atomic E-state index is 0.657. The topological polar surface area (TPSA) is 69.0 Å². The summed E-state index contributed by atoms with van der Waals surface area (Å²) in [5.41, 5.74) is 5.12. The third-order valence-corrected chi connectivity index (χ3v) is 4.82. The van der Waals surface area contributed by atoms with Crippen LogP contribution in [0.15, 0.2) is 46.5 Å². The van der Waals surface area contributed by atoms with Crippen molar-refractivity contribution >= 4 is 35.3 Å². The Bertz CT molecular complexity index is 910. The number of hydrogen-bond donors (Lipinski definition) is 1. The van der Waals surface area contributed by atoms with Gasteiger partial charge in [-0.2, -0.15) is 5.10 Å². The van der Waals surface area contributed by atoms with E-state index in [1.807, 2.05) is 43.3 Å². The van der Waals surface area contributed by atoms with Gasteiger partial charge in [-0.3, -0.25) is 5.43 Å². The Morgan fingerprint density at radius 3 is 2.54 bits per heavy atom. The first-order chi connectivity index (χ1) is 13.7. The molecule has 2 aromatic rings. The fourth-order valence-electron chi connectivity index (χ4n) is 3.19. The largest absolute Gasteiger partial charge is 0.354 e. The number of hydrogen-bond acceptors (Lipinski definition) is 6. The molecule has 7 nitrogen and oxygen atoms in total. The van der Waals surface area contributed by atoms with Gasteiger partial charge in [0.2, 0.25) is 0 Å². The van der Waals surface area contributed by atoms with E-state index in [9.17, 15) is 0 Å². The van der Waals surface area contributed by atoms with Crippen molar-refractivity contribution in [3.05, 3.63) is 47.8 Å². The van der Waals surface area contributed by atoms with Crippen molar-refractivity contribution in [1.82, 2.24) is 20.3 Å². The molecule has 0 atom stereocenters. The highest BCUT2D eigenvalue weighted by Crippen LogP contribution is 2.21. The molecule has 1 fully saturated rings. The third-order valence-electron chi connectivity index (χ3n) is 4.82. The van der Waals surface area contributed by atoms with Gasteiger partial charge in [0.25, 0.3) is 0 Å². The Labute approximate surface area is 165 Å². The second-order valence-electron chi connectivity index (χ2n) is 7.17. The van der Waals surface area contributed by atoms with Crippen LogP contribution < -0.4 is 10.3 Å². The van der Waals surface area contributed by atoms with Gasteiger partial charge in [-0.25, -0.2) is 15.0 Å². The summed E-state index contributed by atoms with van der Waals surface area (Å²) in [7, 11) is 2.15. The molecule has 28 heavy (non-hydrogen) atoms. The second-order valence-corrected chi connectivity index (χ2v) is 7.17. The summed E-state index contributed by atoms with van der Waals surface area (Å²) < 4.78 is 0. The van der Waals surface area contributed by atoms with E-state index in [-0.39, 0.29) is 0 Å². The predicted octanol–water partition coefficient (Wildman–Crippen LogP) is 2.80. The summed E-state index contributed by atoms with van der Waals surface area (Å²) in [6.45, 7) is 5.94. The standard InChI is InChI=1S/C21H25N7/c1-16-14-20(26-25-16)23-19-15-21(28-12-10-27(2)11-13-28)24-18(22-19)9-8-17-6-4-3-5-7-17/h3-9,15H,10-14H2,1-2H3,(H,22,23,24,26)/b9-8+. The number of nitrogens with one attached hydrogen (secondary N) is 1. The Morgan fingerprint density at radius 2 is 1.82 bits per heavy atom. The van der Waals surface area contributed by atoms with Gasteiger partial charge in [-0.15, -0.1) is 0 Å². The highest BCUT2D eigenvalue weighted by atomic mass is 15.3. The van der Waals surface area contributed by atoms with Crippen LogP contribution in [0.4, 0.5) is 11.6 Å². The van der Waals surface area contributed by atoms with E-state index in [2.05, 4.69) is 49.5 Å². The van der Waals surface area contributed by atoms with Crippen LogP contribution in [0.3, 0.4) is 0 Å². The smallest absolute Gasteiger partial charge is 0.160 e. The Balaban J connectivity index is 1.63. The van der Waals surface area contributed by atoms with Gasteiger partial charge in [-0.1, -0.05) is 36.4 Å². The molecule has 0 radical (unpaired) electrons. The zero-order valence-electron chi connectivity index (χ0n) is 16.3. The lowest BCUT2D eigenvalue weighted by atomic mass is 10.2. The summed E-state index contributed by atoms with van der Waals surface area (Å²) in [4.78, 5) is 18.7. The van der Waals surface area contributed by atoms with Gasteiger partial charge in [0.15, 0.2) is 11.6 Å². The highest BCUT2D eigenvalue weighted by molar-refractivity contribution is 6.06. The molecule has 1 aromatic heterocycles. The van der Waals surface area contributed by atoms with E-state index in [1.165, 1.54) is 0 Å². The monoisotopic (exact) mass is 375 g/mol. The SMILES string of the molecule is CC1=NNC(=Nc2cc(N3CCN(C)CC3)nc(/C=C/c3ccccc3)n2)C1. The molecule has 2 aliphatic rings. The van der Waals surface area contributed by atoms with Crippen molar-refractivity contribution in [2.24, 2.45) is 10.1 Å². The van der Waals surface area contributed by atoms with Crippen molar-refractivity contribution in [2.75, 3.05) is 38.1 Å². The second kappa shape index (κ2) is 8.31. The number of benzene rings is 1. The van der Waals surface area contributed by atoms with Crippen LogP contribution in [-0.4, -0.2) is 59.6 Å². The molecule has 0 aliphatic carbocycles. The number of piperazine rings is 1. The molecule has 0 amide bonds. The Hall–Kier alpha value is -3.06. The summed E-state index contributed by atoms with van der Waals surface area (Å²) in [5.74, 6) is 3.06. The Morgan fingerprint density at radius 1 is 1.04 bits per heavy atom. The average Bonchev–Trinajstić information content (AvgIpc) is 3.12. The molecule has 3 heterocycles. The molecular formula is C21H25N7. The molecule has 2 aliphatic heterocycles. The molecule has 0 bridgehead atoms. The van der Waals surface area contributed by atoms with Crippen molar-refractivity contribution in [3.63, 3.8) is 0 Å². The van der Waals surface area contributed by atoms with Crippen LogP contribution in [0.5, 0.6) is 0 Å². The van der Waals surface area contributed by atoms with Gasteiger partial charge >= 0.3 is 0 Å². The third kappa shape index (κ3) is 4.61. The summed E-state index contributed by atoms with van der Waals surface area (Å²) in [6.07, 6.45) is 4.70. The van der Waals surface area contributed by atoms with E-state index < -0.39 is 0 Å². The highest BCUT2D eigenvalue weighted by Gasteiger charge is 2.17. The molecule has 1 saturated heterocycles. The van der Waals surface area contributed by atoms with Crippen molar-refractivity contribution in [1.29, 1.82) is 0 Å². The van der Waals surface area contributed by atoms with Crippen LogP contribution >= 0.6 is 0 Å². The zero-order valence-corrected chi connectivity index (χ0v) is 16.3. The van der Waals surface area contributed by atoms with Crippen LogP contribution in [0.1, 0.15) is 24.7 Å². The summed E-state index contributed by atoms with van der Waals surface area (Å²) >= 11 is 0. The first-order valence-corrected chi connectivity index (χ1v) is 9.58. The van der Waals surface area contributed by atoms with E-state index in [0.717, 1.165) is 55.5 Å². The van der Waals surface area contributed by atoms with Gasteiger partial charge in [0.05, 0.1) is 0 Å². The molecule has 0 saturated carbocycles. The molecule has 1 aromatic carbocycles.